The molecule has 3 aromatic rings. The van der Waals surface area contributed by atoms with Gasteiger partial charge in [0.15, 0.2) is 0 Å². The first-order valence-corrected chi connectivity index (χ1v) is 10.1. The summed E-state index contributed by atoms with van der Waals surface area (Å²) in [5.74, 6) is 1.17. The van der Waals surface area contributed by atoms with E-state index in [4.69, 9.17) is 16.6 Å². The first-order valence-electron chi connectivity index (χ1n) is 9.69. The number of rotatable bonds is 6. The molecule has 1 amide bonds. The smallest absolute Gasteiger partial charge is 0.227 e. The summed E-state index contributed by atoms with van der Waals surface area (Å²) in [6.45, 7) is 2.52. The van der Waals surface area contributed by atoms with Crippen molar-refractivity contribution in [3.05, 3.63) is 59.4 Å². The zero-order chi connectivity index (χ0) is 19.7. The van der Waals surface area contributed by atoms with Crippen LogP contribution in [0.15, 0.2) is 48.5 Å². The average Bonchev–Trinajstić information content (AvgIpc) is 3.23. The molecule has 1 aliphatic heterocycles. The monoisotopic (exact) mass is 396 g/mol. The molecule has 2 aromatic carbocycles. The molecule has 5 nitrogen and oxygen atoms in total. The Labute approximate surface area is 170 Å². The number of halogens is 1. The third-order valence-electron chi connectivity index (χ3n) is 5.30. The van der Waals surface area contributed by atoms with Gasteiger partial charge in [-0.05, 0) is 51.3 Å². The highest BCUT2D eigenvalue weighted by molar-refractivity contribution is 6.33. The molecule has 1 atom stereocenters. The van der Waals surface area contributed by atoms with Gasteiger partial charge in [0.2, 0.25) is 5.91 Å². The number of amides is 1. The highest BCUT2D eigenvalue weighted by Crippen LogP contribution is 2.36. The molecule has 1 saturated heterocycles. The number of hydrogen-bond acceptors (Lipinski definition) is 3. The highest BCUT2D eigenvalue weighted by atomic mass is 35.5. The van der Waals surface area contributed by atoms with Crippen molar-refractivity contribution in [3.8, 4) is 0 Å². The van der Waals surface area contributed by atoms with Gasteiger partial charge < -0.3 is 14.4 Å². The van der Waals surface area contributed by atoms with Crippen LogP contribution in [0.4, 0.5) is 5.69 Å². The third kappa shape index (κ3) is 3.64. The summed E-state index contributed by atoms with van der Waals surface area (Å²) in [6.07, 6.45) is 1.50. The molecular weight excluding hydrogens is 372 g/mol. The summed E-state index contributed by atoms with van der Waals surface area (Å²) in [5.41, 5.74) is 2.91. The Morgan fingerprint density at radius 3 is 2.68 bits per heavy atom. The standard InChI is InChI=1S/C22H25ClN4O/c1-25(2)12-7-13-26-20-11-6-4-9-18(20)24-22(26)16-14-21(28)27(15-16)19-10-5-3-8-17(19)23/h3-6,8-11,16H,7,12-15H2,1-2H3/t16-/m0/s1. The number of hydrogen-bond donors (Lipinski definition) is 0. The molecule has 0 unspecified atom stereocenters. The lowest BCUT2D eigenvalue weighted by atomic mass is 10.1. The number of para-hydroxylation sites is 3. The van der Waals surface area contributed by atoms with Crippen molar-refractivity contribution in [2.45, 2.75) is 25.3 Å². The normalized spacial score (nSPS) is 17.2. The summed E-state index contributed by atoms with van der Waals surface area (Å²) in [5, 5.41) is 0.607. The Kier molecular flexibility index (Phi) is 5.38. The van der Waals surface area contributed by atoms with Gasteiger partial charge in [0.25, 0.3) is 0 Å². The number of aromatic nitrogens is 2. The van der Waals surface area contributed by atoms with Gasteiger partial charge in [0.1, 0.15) is 5.82 Å². The molecule has 6 heteroatoms. The Bertz CT molecular complexity index is 997. The fourth-order valence-corrected chi connectivity index (χ4v) is 4.21. The first-order chi connectivity index (χ1) is 13.5. The molecule has 146 valence electrons. The van der Waals surface area contributed by atoms with E-state index in [1.807, 2.05) is 42.5 Å². The van der Waals surface area contributed by atoms with Crippen LogP contribution in [0.2, 0.25) is 5.02 Å². The first kappa shape index (κ1) is 19.0. The van der Waals surface area contributed by atoms with Gasteiger partial charge >= 0.3 is 0 Å². The summed E-state index contributed by atoms with van der Waals surface area (Å²) < 4.78 is 2.30. The molecule has 0 radical (unpaired) electrons. The molecule has 1 fully saturated rings. The van der Waals surface area contributed by atoms with E-state index in [0.29, 0.717) is 18.0 Å². The zero-order valence-corrected chi connectivity index (χ0v) is 17.1. The van der Waals surface area contributed by atoms with Crippen molar-refractivity contribution >= 4 is 34.2 Å². The van der Waals surface area contributed by atoms with Crippen molar-refractivity contribution < 1.29 is 4.79 Å². The van der Waals surface area contributed by atoms with Crippen molar-refractivity contribution in [1.29, 1.82) is 0 Å². The Hall–Kier alpha value is -2.37. The van der Waals surface area contributed by atoms with E-state index in [9.17, 15) is 4.79 Å². The predicted molar refractivity (Wildman–Crippen MR) is 114 cm³/mol. The van der Waals surface area contributed by atoms with Crippen LogP contribution in [0.25, 0.3) is 11.0 Å². The summed E-state index contributed by atoms with van der Waals surface area (Å²) in [7, 11) is 4.17. The minimum atomic E-state index is 0.0653. The lowest BCUT2D eigenvalue weighted by molar-refractivity contribution is -0.117. The predicted octanol–water partition coefficient (Wildman–Crippen LogP) is 4.16. The minimum Gasteiger partial charge on any atom is -0.328 e. The number of anilines is 1. The van der Waals surface area contributed by atoms with Gasteiger partial charge in [-0.1, -0.05) is 35.9 Å². The number of fused-ring (bicyclic) bond motifs is 1. The van der Waals surface area contributed by atoms with Crippen LogP contribution in [0.1, 0.15) is 24.6 Å². The van der Waals surface area contributed by atoms with Crippen LogP contribution in [-0.2, 0) is 11.3 Å². The van der Waals surface area contributed by atoms with Crippen LogP contribution in [0.5, 0.6) is 0 Å². The van der Waals surface area contributed by atoms with Crippen molar-refractivity contribution in [2.75, 3.05) is 32.1 Å². The molecular formula is C22H25ClN4O. The third-order valence-corrected chi connectivity index (χ3v) is 5.62. The van der Waals surface area contributed by atoms with Crippen molar-refractivity contribution in [3.63, 3.8) is 0 Å². The lowest BCUT2D eigenvalue weighted by Crippen LogP contribution is -2.25. The molecule has 4 rings (SSSR count). The lowest BCUT2D eigenvalue weighted by Gasteiger charge is -2.19. The van der Waals surface area contributed by atoms with Gasteiger partial charge in [0.05, 0.1) is 21.7 Å². The summed E-state index contributed by atoms with van der Waals surface area (Å²) >= 11 is 6.34. The van der Waals surface area contributed by atoms with Gasteiger partial charge in [-0.15, -0.1) is 0 Å². The molecule has 0 N–H and O–H groups in total. The van der Waals surface area contributed by atoms with E-state index >= 15 is 0 Å². The van der Waals surface area contributed by atoms with E-state index < -0.39 is 0 Å². The van der Waals surface area contributed by atoms with Crippen LogP contribution >= 0.6 is 11.6 Å². The SMILES string of the molecule is CN(C)CCCn1c([C@H]2CC(=O)N(c3ccccc3Cl)C2)nc2ccccc21. The second-order valence-electron chi connectivity index (χ2n) is 7.62. The maximum Gasteiger partial charge on any atom is 0.227 e. The van der Waals surface area contributed by atoms with Gasteiger partial charge in [-0.3, -0.25) is 4.79 Å². The number of aryl methyl sites for hydroxylation is 1. The molecule has 0 saturated carbocycles. The zero-order valence-electron chi connectivity index (χ0n) is 16.3. The Morgan fingerprint density at radius 2 is 1.89 bits per heavy atom. The summed E-state index contributed by atoms with van der Waals surface area (Å²) in [6, 6.07) is 15.8. The molecule has 2 heterocycles. The minimum absolute atomic E-state index is 0.0653. The van der Waals surface area contributed by atoms with Crippen LogP contribution < -0.4 is 4.90 Å². The van der Waals surface area contributed by atoms with E-state index in [1.165, 1.54) is 0 Å². The van der Waals surface area contributed by atoms with Gasteiger partial charge in [-0.25, -0.2) is 4.98 Å². The summed E-state index contributed by atoms with van der Waals surface area (Å²) in [4.78, 5) is 21.7. The van der Waals surface area contributed by atoms with E-state index in [-0.39, 0.29) is 11.8 Å². The maximum atomic E-state index is 12.8. The molecule has 0 bridgehead atoms. The van der Waals surface area contributed by atoms with Crippen LogP contribution in [0, 0.1) is 0 Å². The number of benzene rings is 2. The number of nitrogens with zero attached hydrogens (tertiary/aromatic N) is 4. The molecule has 28 heavy (non-hydrogen) atoms. The second-order valence-corrected chi connectivity index (χ2v) is 8.03. The van der Waals surface area contributed by atoms with Crippen LogP contribution in [-0.4, -0.2) is 47.5 Å². The van der Waals surface area contributed by atoms with Gasteiger partial charge in [0, 0.05) is 25.4 Å². The Balaban J connectivity index is 1.65. The quantitative estimate of drug-likeness (QED) is 0.628. The van der Waals surface area contributed by atoms with Crippen molar-refractivity contribution in [1.82, 2.24) is 14.5 Å². The average molecular weight is 397 g/mol. The number of carbonyl (C=O) groups is 1. The number of carbonyl (C=O) groups excluding carboxylic acids is 1. The van der Waals surface area contributed by atoms with E-state index in [0.717, 1.165) is 42.1 Å². The van der Waals surface area contributed by atoms with Crippen LogP contribution in [0.3, 0.4) is 0 Å². The van der Waals surface area contributed by atoms with Gasteiger partial charge in [-0.2, -0.15) is 0 Å². The molecule has 0 spiro atoms. The molecule has 1 aliphatic rings. The molecule has 1 aromatic heterocycles. The Morgan fingerprint density at radius 1 is 1.14 bits per heavy atom. The largest absolute Gasteiger partial charge is 0.328 e. The van der Waals surface area contributed by atoms with E-state index in [2.05, 4.69) is 29.6 Å². The number of imidazole rings is 1. The van der Waals surface area contributed by atoms with Crippen molar-refractivity contribution in [2.24, 2.45) is 0 Å². The maximum absolute atomic E-state index is 12.8. The second kappa shape index (κ2) is 7.94. The van der Waals surface area contributed by atoms with E-state index in [1.54, 1.807) is 4.90 Å². The highest BCUT2D eigenvalue weighted by Gasteiger charge is 2.35. The topological polar surface area (TPSA) is 41.4 Å². The molecule has 0 aliphatic carbocycles. The fourth-order valence-electron chi connectivity index (χ4n) is 3.97. The fraction of sp³-hybridized carbons (Fsp3) is 0.364.